The summed E-state index contributed by atoms with van der Waals surface area (Å²) in [6.45, 7) is 0.802. The number of nitrogens with one attached hydrogen (secondary N) is 1. The van der Waals surface area contributed by atoms with Gasteiger partial charge in [-0.25, -0.2) is 4.98 Å². The van der Waals surface area contributed by atoms with Gasteiger partial charge in [-0.05, 0) is 30.3 Å². The van der Waals surface area contributed by atoms with Crippen LogP contribution < -0.4 is 14.8 Å². The molecule has 6 heteroatoms. The summed E-state index contributed by atoms with van der Waals surface area (Å²) in [7, 11) is 0. The second-order valence-corrected chi connectivity index (χ2v) is 6.66. The molecular weight excluding hydrogens is 336 g/mol. The monoisotopic (exact) mass is 352 g/mol. The third-order valence-corrected chi connectivity index (χ3v) is 4.76. The quantitative estimate of drug-likeness (QED) is 0.732. The molecule has 3 aromatic rings. The summed E-state index contributed by atoms with van der Waals surface area (Å²) < 4.78 is 12.5. The molecule has 1 amide bonds. The van der Waals surface area contributed by atoms with Crippen LogP contribution >= 0.6 is 11.3 Å². The number of benzene rings is 2. The number of carbonyl (C=O) groups is 1. The maximum atomic E-state index is 12.0. The molecule has 0 fully saturated rings. The van der Waals surface area contributed by atoms with Crippen molar-refractivity contribution >= 4 is 33.5 Å². The first-order valence-electron chi connectivity index (χ1n) is 7.98. The number of aromatic nitrogens is 1. The van der Waals surface area contributed by atoms with Crippen molar-refractivity contribution in [3.05, 3.63) is 59.6 Å². The lowest BCUT2D eigenvalue weighted by Crippen LogP contribution is -2.40. The van der Waals surface area contributed by atoms with Crippen molar-refractivity contribution in [1.29, 1.82) is 0 Å². The molecule has 0 aliphatic carbocycles. The minimum Gasteiger partial charge on any atom is -0.486 e. The lowest BCUT2D eigenvalue weighted by molar-refractivity contribution is -0.116. The van der Waals surface area contributed by atoms with E-state index in [1.54, 1.807) is 17.4 Å². The molecule has 1 aliphatic rings. The average Bonchev–Trinajstić information content (AvgIpc) is 3.07. The van der Waals surface area contributed by atoms with E-state index >= 15 is 0 Å². The minimum atomic E-state index is -0.199. The van der Waals surface area contributed by atoms with Gasteiger partial charge in [-0.1, -0.05) is 24.3 Å². The molecular formula is C19H16N2O3S. The number of thiazole rings is 1. The van der Waals surface area contributed by atoms with Crippen LogP contribution in [0, 0.1) is 0 Å². The minimum absolute atomic E-state index is 0.179. The zero-order chi connectivity index (χ0) is 17.1. The summed E-state index contributed by atoms with van der Waals surface area (Å²) in [5.74, 6) is 1.26. The lowest BCUT2D eigenvalue weighted by atomic mass is 10.2. The zero-order valence-corrected chi connectivity index (χ0v) is 14.2. The molecule has 0 bridgehead atoms. The normalized spacial score (nSPS) is 16.2. The molecule has 0 spiro atoms. The maximum Gasteiger partial charge on any atom is 0.244 e. The molecule has 0 saturated heterocycles. The summed E-state index contributed by atoms with van der Waals surface area (Å²) in [5, 5.41) is 3.64. The van der Waals surface area contributed by atoms with Gasteiger partial charge in [0.15, 0.2) is 11.5 Å². The molecule has 1 N–H and O–H groups in total. The number of ether oxygens (including phenoxy) is 2. The van der Waals surface area contributed by atoms with Crippen molar-refractivity contribution in [2.24, 2.45) is 0 Å². The number of hydrogen-bond acceptors (Lipinski definition) is 5. The zero-order valence-electron chi connectivity index (χ0n) is 13.3. The predicted octanol–water partition coefficient (Wildman–Crippen LogP) is 3.27. The standard InChI is InChI=1S/C19H16N2O3S/c22-18(9-10-19-21-14-5-1-4-8-17(14)25-19)20-11-13-12-23-15-6-2-3-7-16(15)24-13/h1-10,13H,11-12H2,(H,20,22)/b10-9+/t13-/m0/s1. The summed E-state index contributed by atoms with van der Waals surface area (Å²) in [4.78, 5) is 16.5. The molecule has 4 rings (SSSR count). The Balaban J connectivity index is 1.32. The summed E-state index contributed by atoms with van der Waals surface area (Å²) >= 11 is 1.56. The van der Waals surface area contributed by atoms with E-state index in [1.807, 2.05) is 48.5 Å². The molecule has 5 nitrogen and oxygen atoms in total. The largest absolute Gasteiger partial charge is 0.486 e. The highest BCUT2D eigenvalue weighted by molar-refractivity contribution is 7.19. The molecule has 0 radical (unpaired) electrons. The molecule has 0 unspecified atom stereocenters. The van der Waals surface area contributed by atoms with Crippen molar-refractivity contribution in [3.8, 4) is 11.5 Å². The molecule has 0 saturated carbocycles. The smallest absolute Gasteiger partial charge is 0.244 e. The second-order valence-electron chi connectivity index (χ2n) is 5.60. The number of nitrogens with zero attached hydrogens (tertiary/aromatic N) is 1. The van der Waals surface area contributed by atoms with E-state index in [1.165, 1.54) is 6.08 Å². The van der Waals surface area contributed by atoms with Crippen LogP contribution in [0.2, 0.25) is 0 Å². The van der Waals surface area contributed by atoms with E-state index in [-0.39, 0.29) is 12.0 Å². The van der Waals surface area contributed by atoms with Gasteiger partial charge in [0.1, 0.15) is 17.7 Å². The van der Waals surface area contributed by atoms with Crippen LogP contribution in [0.5, 0.6) is 11.5 Å². The van der Waals surface area contributed by atoms with E-state index in [2.05, 4.69) is 10.3 Å². The number of para-hydroxylation sites is 3. The van der Waals surface area contributed by atoms with E-state index in [9.17, 15) is 4.79 Å². The van der Waals surface area contributed by atoms with Gasteiger partial charge in [-0.2, -0.15) is 0 Å². The SMILES string of the molecule is O=C(/C=C/c1nc2ccccc2s1)NC[C@H]1COc2ccccc2O1. The molecule has 1 aromatic heterocycles. The van der Waals surface area contributed by atoms with Crippen LogP contribution in [-0.4, -0.2) is 30.1 Å². The fraction of sp³-hybridized carbons (Fsp3) is 0.158. The van der Waals surface area contributed by atoms with Crippen LogP contribution in [0.25, 0.3) is 16.3 Å². The number of amides is 1. The van der Waals surface area contributed by atoms with E-state index in [0.29, 0.717) is 18.9 Å². The summed E-state index contributed by atoms with van der Waals surface area (Å²) in [6.07, 6.45) is 3.03. The fourth-order valence-electron chi connectivity index (χ4n) is 2.55. The van der Waals surface area contributed by atoms with Crippen LogP contribution in [0.4, 0.5) is 0 Å². The first kappa shape index (κ1) is 15.7. The third kappa shape index (κ3) is 3.64. The number of fused-ring (bicyclic) bond motifs is 2. The van der Waals surface area contributed by atoms with Gasteiger partial charge < -0.3 is 14.8 Å². The Hall–Kier alpha value is -2.86. The van der Waals surface area contributed by atoms with E-state index in [0.717, 1.165) is 21.0 Å². The Morgan fingerprint density at radius 3 is 2.88 bits per heavy atom. The highest BCUT2D eigenvalue weighted by atomic mass is 32.1. The molecule has 25 heavy (non-hydrogen) atoms. The topological polar surface area (TPSA) is 60.5 Å². The van der Waals surface area contributed by atoms with Crippen molar-refractivity contribution < 1.29 is 14.3 Å². The average molecular weight is 352 g/mol. The maximum absolute atomic E-state index is 12.0. The van der Waals surface area contributed by atoms with Gasteiger partial charge in [0.2, 0.25) is 5.91 Å². The highest BCUT2D eigenvalue weighted by Gasteiger charge is 2.20. The lowest BCUT2D eigenvalue weighted by Gasteiger charge is -2.26. The van der Waals surface area contributed by atoms with Gasteiger partial charge in [-0.3, -0.25) is 4.79 Å². The first-order valence-corrected chi connectivity index (χ1v) is 8.79. The summed E-state index contributed by atoms with van der Waals surface area (Å²) in [6, 6.07) is 15.4. The van der Waals surface area contributed by atoms with Gasteiger partial charge >= 0.3 is 0 Å². The van der Waals surface area contributed by atoms with Crippen LogP contribution in [0.1, 0.15) is 5.01 Å². The predicted molar refractivity (Wildman–Crippen MR) is 98.0 cm³/mol. The Morgan fingerprint density at radius 1 is 1.20 bits per heavy atom. The molecule has 1 atom stereocenters. The van der Waals surface area contributed by atoms with Crippen LogP contribution in [0.3, 0.4) is 0 Å². The Kier molecular flexibility index (Phi) is 4.35. The van der Waals surface area contributed by atoms with Crippen LogP contribution in [-0.2, 0) is 4.79 Å². The number of carbonyl (C=O) groups excluding carboxylic acids is 1. The van der Waals surface area contributed by atoms with Gasteiger partial charge in [-0.15, -0.1) is 11.3 Å². The Bertz CT molecular complexity index is 902. The summed E-state index contributed by atoms with van der Waals surface area (Å²) in [5.41, 5.74) is 0.943. The van der Waals surface area contributed by atoms with Gasteiger partial charge in [0.25, 0.3) is 0 Å². The Labute approximate surface area is 148 Å². The molecule has 2 heterocycles. The van der Waals surface area contributed by atoms with Crippen LogP contribution in [0.15, 0.2) is 54.6 Å². The van der Waals surface area contributed by atoms with Crippen molar-refractivity contribution in [2.75, 3.05) is 13.2 Å². The van der Waals surface area contributed by atoms with Gasteiger partial charge in [0, 0.05) is 6.08 Å². The van der Waals surface area contributed by atoms with Crippen molar-refractivity contribution in [3.63, 3.8) is 0 Å². The van der Waals surface area contributed by atoms with E-state index in [4.69, 9.17) is 9.47 Å². The molecule has 126 valence electrons. The van der Waals surface area contributed by atoms with Crippen molar-refractivity contribution in [2.45, 2.75) is 6.10 Å². The first-order chi connectivity index (χ1) is 12.3. The molecule has 1 aliphatic heterocycles. The highest BCUT2D eigenvalue weighted by Crippen LogP contribution is 2.30. The second kappa shape index (κ2) is 6.94. The third-order valence-electron chi connectivity index (χ3n) is 3.76. The fourth-order valence-corrected chi connectivity index (χ4v) is 3.42. The van der Waals surface area contributed by atoms with E-state index < -0.39 is 0 Å². The molecule has 2 aromatic carbocycles. The Morgan fingerprint density at radius 2 is 2.00 bits per heavy atom. The van der Waals surface area contributed by atoms with Crippen molar-refractivity contribution in [1.82, 2.24) is 10.3 Å². The number of hydrogen-bond donors (Lipinski definition) is 1. The van der Waals surface area contributed by atoms with Gasteiger partial charge in [0.05, 0.1) is 16.8 Å². The number of rotatable bonds is 4.